The summed E-state index contributed by atoms with van der Waals surface area (Å²) in [7, 11) is 0. The maximum Gasteiger partial charge on any atom is 0.323 e. The van der Waals surface area contributed by atoms with Crippen LogP contribution >= 0.6 is 0 Å². The number of amides is 2. The normalized spacial score (nSPS) is 21.6. The summed E-state index contributed by atoms with van der Waals surface area (Å²) in [5, 5.41) is 12.0. The average molecular weight is 290 g/mol. The zero-order chi connectivity index (χ0) is 15.2. The van der Waals surface area contributed by atoms with Gasteiger partial charge in [0.15, 0.2) is 0 Å². The maximum atomic E-state index is 12.4. The molecule has 1 saturated carbocycles. The fraction of sp³-hybridized carbons (Fsp3) is 0.500. The number of rotatable bonds is 4. The fourth-order valence-electron chi connectivity index (χ4n) is 2.79. The highest BCUT2D eigenvalue weighted by Crippen LogP contribution is 2.24. The van der Waals surface area contributed by atoms with Gasteiger partial charge in [-0.25, -0.2) is 4.79 Å². The average Bonchev–Trinajstić information content (AvgIpc) is 2.48. The number of urea groups is 1. The molecule has 1 fully saturated rings. The van der Waals surface area contributed by atoms with Crippen LogP contribution in [0, 0.1) is 5.92 Å². The minimum atomic E-state index is -1.02. The van der Waals surface area contributed by atoms with Gasteiger partial charge in [-0.1, -0.05) is 38.0 Å². The lowest BCUT2D eigenvalue weighted by Gasteiger charge is -2.32. The summed E-state index contributed by atoms with van der Waals surface area (Å²) in [6.07, 6.45) is 4.38. The highest BCUT2D eigenvalue weighted by molar-refractivity contribution is 5.96. The van der Waals surface area contributed by atoms with Crippen molar-refractivity contribution in [3.63, 3.8) is 0 Å². The standard InChI is InChI=1S/C16H22N2O3/c1-12-7-5-6-10-14(12)17-16(21)18(11-15(19)20)13-8-3-2-4-9-13/h2-4,8-9,12,14H,5-7,10-11H2,1H3,(H,17,21)(H,19,20). The number of nitrogens with one attached hydrogen (secondary N) is 1. The molecule has 2 N–H and O–H groups in total. The van der Waals surface area contributed by atoms with Gasteiger partial charge < -0.3 is 10.4 Å². The van der Waals surface area contributed by atoms with Gasteiger partial charge >= 0.3 is 12.0 Å². The molecule has 0 heterocycles. The Morgan fingerprint density at radius 1 is 1.24 bits per heavy atom. The molecule has 114 valence electrons. The van der Waals surface area contributed by atoms with Gasteiger partial charge in [-0.05, 0) is 30.9 Å². The summed E-state index contributed by atoms with van der Waals surface area (Å²) in [6, 6.07) is 8.71. The summed E-state index contributed by atoms with van der Waals surface area (Å²) in [6.45, 7) is 1.80. The predicted molar refractivity (Wildman–Crippen MR) is 81.4 cm³/mol. The fourth-order valence-corrected chi connectivity index (χ4v) is 2.79. The summed E-state index contributed by atoms with van der Waals surface area (Å²) >= 11 is 0. The van der Waals surface area contributed by atoms with Gasteiger partial charge in [-0.15, -0.1) is 0 Å². The molecule has 2 atom stereocenters. The van der Waals surface area contributed by atoms with Gasteiger partial charge in [0.2, 0.25) is 0 Å². The quantitative estimate of drug-likeness (QED) is 0.895. The highest BCUT2D eigenvalue weighted by Gasteiger charge is 2.26. The van der Waals surface area contributed by atoms with Gasteiger partial charge in [0, 0.05) is 11.7 Å². The van der Waals surface area contributed by atoms with E-state index in [2.05, 4.69) is 12.2 Å². The number of hydrogen-bond acceptors (Lipinski definition) is 2. The van der Waals surface area contributed by atoms with E-state index in [0.717, 1.165) is 19.3 Å². The number of benzene rings is 1. The van der Waals surface area contributed by atoms with Crippen molar-refractivity contribution in [1.82, 2.24) is 5.32 Å². The summed E-state index contributed by atoms with van der Waals surface area (Å²) in [5.41, 5.74) is 0.598. The third-order valence-electron chi connectivity index (χ3n) is 4.03. The summed E-state index contributed by atoms with van der Waals surface area (Å²) in [4.78, 5) is 24.7. The Hall–Kier alpha value is -2.04. The molecule has 1 aromatic rings. The molecule has 0 aromatic heterocycles. The Bertz CT molecular complexity index is 490. The van der Waals surface area contributed by atoms with Crippen molar-refractivity contribution in [2.24, 2.45) is 5.92 Å². The molecule has 1 aliphatic carbocycles. The van der Waals surface area contributed by atoms with E-state index in [0.29, 0.717) is 11.6 Å². The van der Waals surface area contributed by atoms with E-state index in [-0.39, 0.29) is 18.6 Å². The van der Waals surface area contributed by atoms with E-state index in [4.69, 9.17) is 5.11 Å². The number of carboxylic acid groups (broad SMARTS) is 1. The second kappa shape index (κ2) is 7.11. The molecule has 21 heavy (non-hydrogen) atoms. The van der Waals surface area contributed by atoms with E-state index >= 15 is 0 Å². The Morgan fingerprint density at radius 3 is 2.52 bits per heavy atom. The predicted octanol–water partition coefficient (Wildman–Crippen LogP) is 2.87. The van der Waals surface area contributed by atoms with Crippen LogP contribution in [0.25, 0.3) is 0 Å². The molecule has 2 unspecified atom stereocenters. The molecule has 0 aliphatic heterocycles. The smallest absolute Gasteiger partial charge is 0.323 e. The van der Waals surface area contributed by atoms with Crippen LogP contribution in [0.15, 0.2) is 30.3 Å². The second-order valence-corrected chi connectivity index (χ2v) is 5.63. The lowest BCUT2D eigenvalue weighted by atomic mass is 9.86. The van der Waals surface area contributed by atoms with Crippen LogP contribution in [0.1, 0.15) is 32.6 Å². The van der Waals surface area contributed by atoms with Crippen LogP contribution in [-0.2, 0) is 4.79 Å². The van der Waals surface area contributed by atoms with Crippen LogP contribution in [-0.4, -0.2) is 29.7 Å². The number of hydrogen-bond donors (Lipinski definition) is 2. The molecule has 0 saturated heterocycles. The minimum Gasteiger partial charge on any atom is -0.480 e. The van der Waals surface area contributed by atoms with Crippen molar-refractivity contribution in [3.8, 4) is 0 Å². The molecule has 2 amide bonds. The van der Waals surface area contributed by atoms with Crippen molar-refractivity contribution >= 4 is 17.7 Å². The SMILES string of the molecule is CC1CCCCC1NC(=O)N(CC(=O)O)c1ccccc1. The summed E-state index contributed by atoms with van der Waals surface area (Å²) < 4.78 is 0. The van der Waals surface area contributed by atoms with Crippen molar-refractivity contribution in [2.75, 3.05) is 11.4 Å². The van der Waals surface area contributed by atoms with Gasteiger partial charge in [0.05, 0.1) is 0 Å². The van der Waals surface area contributed by atoms with E-state index in [9.17, 15) is 9.59 Å². The minimum absolute atomic E-state index is 0.131. The first-order valence-corrected chi connectivity index (χ1v) is 7.43. The number of para-hydroxylation sites is 1. The largest absolute Gasteiger partial charge is 0.480 e. The van der Waals surface area contributed by atoms with E-state index in [1.807, 2.05) is 6.07 Å². The molecular weight excluding hydrogens is 268 g/mol. The van der Waals surface area contributed by atoms with E-state index in [1.165, 1.54) is 11.3 Å². The lowest BCUT2D eigenvalue weighted by Crippen LogP contribution is -2.49. The van der Waals surface area contributed by atoms with Crippen LogP contribution in [0.3, 0.4) is 0 Å². The topological polar surface area (TPSA) is 69.6 Å². The number of carbonyl (C=O) groups excluding carboxylic acids is 1. The molecule has 5 nitrogen and oxygen atoms in total. The van der Waals surface area contributed by atoms with Crippen LogP contribution in [0.5, 0.6) is 0 Å². The van der Waals surface area contributed by atoms with Gasteiger partial charge in [0.25, 0.3) is 0 Å². The number of carbonyl (C=O) groups is 2. The third kappa shape index (κ3) is 4.21. The molecule has 0 radical (unpaired) electrons. The van der Waals surface area contributed by atoms with Crippen molar-refractivity contribution in [3.05, 3.63) is 30.3 Å². The number of carboxylic acids is 1. The van der Waals surface area contributed by atoms with E-state index in [1.54, 1.807) is 24.3 Å². The number of aliphatic carboxylic acids is 1. The molecule has 0 bridgehead atoms. The van der Waals surface area contributed by atoms with Crippen LogP contribution < -0.4 is 10.2 Å². The Labute approximate surface area is 125 Å². The first-order valence-electron chi connectivity index (χ1n) is 7.43. The monoisotopic (exact) mass is 290 g/mol. The van der Waals surface area contributed by atoms with Crippen molar-refractivity contribution in [2.45, 2.75) is 38.6 Å². The lowest BCUT2D eigenvalue weighted by molar-refractivity contribution is -0.135. The Balaban J connectivity index is 2.09. The van der Waals surface area contributed by atoms with E-state index < -0.39 is 5.97 Å². The van der Waals surface area contributed by atoms with Gasteiger partial charge in [-0.3, -0.25) is 9.69 Å². The molecule has 2 rings (SSSR count). The second-order valence-electron chi connectivity index (χ2n) is 5.63. The summed E-state index contributed by atoms with van der Waals surface area (Å²) in [5.74, 6) is -0.587. The zero-order valence-corrected chi connectivity index (χ0v) is 12.3. The van der Waals surface area contributed by atoms with Crippen LogP contribution in [0.4, 0.5) is 10.5 Å². The first-order chi connectivity index (χ1) is 10.1. The molecular formula is C16H22N2O3. The molecule has 1 aliphatic rings. The van der Waals surface area contributed by atoms with Crippen molar-refractivity contribution < 1.29 is 14.7 Å². The number of nitrogens with zero attached hydrogens (tertiary/aromatic N) is 1. The molecule has 5 heteroatoms. The maximum absolute atomic E-state index is 12.4. The van der Waals surface area contributed by atoms with Gasteiger partial charge in [-0.2, -0.15) is 0 Å². The Kier molecular flexibility index (Phi) is 5.20. The van der Waals surface area contributed by atoms with Crippen LogP contribution in [0.2, 0.25) is 0 Å². The number of anilines is 1. The van der Waals surface area contributed by atoms with Crippen molar-refractivity contribution in [1.29, 1.82) is 0 Å². The highest BCUT2D eigenvalue weighted by atomic mass is 16.4. The zero-order valence-electron chi connectivity index (χ0n) is 12.3. The Morgan fingerprint density at radius 2 is 1.90 bits per heavy atom. The third-order valence-corrected chi connectivity index (χ3v) is 4.03. The first kappa shape index (κ1) is 15.4. The van der Waals surface area contributed by atoms with Gasteiger partial charge in [0.1, 0.15) is 6.54 Å². The molecule has 1 aromatic carbocycles. The molecule has 0 spiro atoms.